The molecular formula is C51H56N4O11. The van der Waals surface area contributed by atoms with E-state index in [1.165, 1.54) is 16.0 Å². The standard InChI is InChI=1S/C51H56N4O11/c1-49(2,3)63-41(58)26-24-38(31-56)53-46(59)35-14-12-13-34(27-35)29-52-48(61)50-28-39-42-43(65-51(64-42,36-15-8-6-9-16-36)37-17-10-7-11-18-37)45(50)66-55(44(50)47(60)62-39)30-33-21-19-32(20-22-33)23-25-40(57)54(4)5/h6-23,25,27,38-39,42-45,56H,24,26,28-31H2,1-5H3,(H,52,61)(H,53,59)/t38-,39-,42-,43-,44-,45+,50-/m0/s1. The molecule has 3 amide bonds. The first-order valence-electron chi connectivity index (χ1n) is 22.2. The average Bonchev–Trinajstić information content (AvgIpc) is 3.89. The molecule has 0 aromatic heterocycles. The second kappa shape index (κ2) is 18.9. The number of nitrogens with one attached hydrogen (secondary N) is 2. The summed E-state index contributed by atoms with van der Waals surface area (Å²) in [7, 11) is 3.36. The van der Waals surface area contributed by atoms with Gasteiger partial charge in [-0.3, -0.25) is 28.8 Å². The zero-order valence-electron chi connectivity index (χ0n) is 37.7. The minimum absolute atomic E-state index is 0.00233. The molecule has 3 saturated heterocycles. The SMILES string of the molecule is CN(C)C(=O)C=Cc1ccc(CN2O[C@@H]3[C@H]4OC(c5ccccc5)(c5ccccc5)O[C@H]4[C@@H]4C[C@]3(C(=O)NCc3cccc(C(=O)N[C@H](CO)CCC(=O)OC(C)(C)C)c3)[C@@H]2C(=O)O4)cc1. The Morgan fingerprint density at radius 1 is 0.894 bits per heavy atom. The van der Waals surface area contributed by atoms with E-state index in [1.54, 1.807) is 65.2 Å². The van der Waals surface area contributed by atoms with E-state index in [0.717, 1.165) is 22.3 Å². The van der Waals surface area contributed by atoms with Crippen LogP contribution in [0.3, 0.4) is 0 Å². The van der Waals surface area contributed by atoms with Crippen molar-refractivity contribution >= 4 is 35.7 Å². The lowest BCUT2D eigenvalue weighted by molar-refractivity contribution is -0.213. The van der Waals surface area contributed by atoms with E-state index in [9.17, 15) is 24.3 Å². The lowest BCUT2D eigenvalue weighted by Gasteiger charge is -2.48. The number of carbonyl (C=O) groups is 5. The second-order valence-corrected chi connectivity index (χ2v) is 18.4. The van der Waals surface area contributed by atoms with Crippen LogP contribution < -0.4 is 10.6 Å². The molecule has 4 aromatic rings. The molecule has 0 spiro atoms. The summed E-state index contributed by atoms with van der Waals surface area (Å²) in [4.78, 5) is 75.7. The number of carbonyl (C=O) groups excluding carboxylic acids is 5. The highest BCUT2D eigenvalue weighted by Crippen LogP contribution is 2.59. The molecule has 8 rings (SSSR count). The van der Waals surface area contributed by atoms with Gasteiger partial charge in [-0.05, 0) is 62.1 Å². The van der Waals surface area contributed by atoms with Crippen molar-refractivity contribution in [2.45, 2.75) is 101 Å². The summed E-state index contributed by atoms with van der Waals surface area (Å²) < 4.78 is 25.7. The highest BCUT2D eigenvalue weighted by molar-refractivity contribution is 5.95. The van der Waals surface area contributed by atoms with Crippen LogP contribution in [0, 0.1) is 5.41 Å². The number of nitrogens with zero attached hydrogens (tertiary/aromatic N) is 2. The van der Waals surface area contributed by atoms with Gasteiger partial charge in [0.05, 0.1) is 19.2 Å². The number of amides is 3. The number of aliphatic hydroxyl groups is 1. The monoisotopic (exact) mass is 900 g/mol. The van der Waals surface area contributed by atoms with Gasteiger partial charge < -0.3 is 39.6 Å². The summed E-state index contributed by atoms with van der Waals surface area (Å²) in [5.41, 5.74) is 1.74. The summed E-state index contributed by atoms with van der Waals surface area (Å²) in [5.74, 6) is -3.56. The summed E-state index contributed by atoms with van der Waals surface area (Å²) >= 11 is 0. The van der Waals surface area contributed by atoms with Gasteiger partial charge in [0.15, 0.2) is 6.04 Å². The Bertz CT molecular complexity index is 2420. The highest BCUT2D eigenvalue weighted by atomic mass is 16.8. The predicted octanol–water partition coefficient (Wildman–Crippen LogP) is 4.80. The summed E-state index contributed by atoms with van der Waals surface area (Å²) in [6.07, 6.45) is -0.0733. The zero-order valence-corrected chi connectivity index (χ0v) is 37.7. The molecule has 1 aliphatic carbocycles. The molecule has 3 heterocycles. The average molecular weight is 901 g/mol. The van der Waals surface area contributed by atoms with Crippen LogP contribution in [0.25, 0.3) is 6.08 Å². The number of rotatable bonds is 15. The molecule has 1 saturated carbocycles. The Labute approximate surface area is 383 Å². The maximum Gasteiger partial charge on any atom is 0.327 e. The number of benzene rings is 4. The molecule has 4 fully saturated rings. The van der Waals surface area contributed by atoms with Crippen molar-refractivity contribution in [3.63, 3.8) is 0 Å². The summed E-state index contributed by atoms with van der Waals surface area (Å²) in [6, 6.07) is 31.3. The Balaban J connectivity index is 1.06. The number of likely N-dealkylation sites (N-methyl/N-ethyl adjacent to an activating group) is 1. The lowest BCUT2D eigenvalue weighted by atomic mass is 9.62. The molecule has 15 heteroatoms. The van der Waals surface area contributed by atoms with E-state index < -0.39 is 77.1 Å². The third kappa shape index (κ3) is 9.40. The van der Waals surface area contributed by atoms with Crippen molar-refractivity contribution in [2.75, 3.05) is 20.7 Å². The minimum Gasteiger partial charge on any atom is -0.460 e. The quantitative estimate of drug-likeness (QED) is 0.110. The maximum absolute atomic E-state index is 15.1. The first-order chi connectivity index (χ1) is 31.6. The number of hydroxylamine groups is 2. The maximum atomic E-state index is 15.1. The van der Waals surface area contributed by atoms with Crippen molar-refractivity contribution in [1.29, 1.82) is 0 Å². The van der Waals surface area contributed by atoms with Gasteiger partial charge in [0.25, 0.3) is 5.91 Å². The van der Waals surface area contributed by atoms with Crippen LogP contribution in [0.15, 0.2) is 115 Å². The molecule has 0 unspecified atom stereocenters. The van der Waals surface area contributed by atoms with E-state index in [0.29, 0.717) is 5.56 Å². The van der Waals surface area contributed by atoms with Crippen LogP contribution in [0.1, 0.15) is 78.2 Å². The first kappa shape index (κ1) is 46.3. The molecule has 4 aliphatic rings. The number of hydrogen-bond acceptors (Lipinski definition) is 12. The third-order valence-corrected chi connectivity index (χ3v) is 12.4. The number of esters is 2. The van der Waals surface area contributed by atoms with Crippen molar-refractivity contribution in [3.8, 4) is 0 Å². The third-order valence-electron chi connectivity index (χ3n) is 12.4. The minimum atomic E-state index is -1.50. The van der Waals surface area contributed by atoms with Gasteiger partial charge >= 0.3 is 11.9 Å². The Morgan fingerprint density at radius 2 is 1.56 bits per heavy atom. The summed E-state index contributed by atoms with van der Waals surface area (Å²) in [5, 5.41) is 17.4. The molecular weight excluding hydrogens is 845 g/mol. The number of aliphatic hydroxyl groups excluding tert-OH is 1. The van der Waals surface area contributed by atoms with E-state index >= 15 is 4.79 Å². The topological polar surface area (TPSA) is 182 Å². The van der Waals surface area contributed by atoms with Crippen LogP contribution >= 0.6 is 0 Å². The van der Waals surface area contributed by atoms with Crippen molar-refractivity contribution < 1.29 is 52.9 Å². The fourth-order valence-electron chi connectivity index (χ4n) is 9.25. The molecule has 3 N–H and O–H groups in total. The lowest BCUT2D eigenvalue weighted by Crippen LogP contribution is -2.69. The Morgan fingerprint density at radius 3 is 2.20 bits per heavy atom. The van der Waals surface area contributed by atoms with Gasteiger partial charge in [0, 0.05) is 56.2 Å². The molecule has 346 valence electrons. The number of fused-ring (bicyclic) bond motifs is 4. The van der Waals surface area contributed by atoms with E-state index in [2.05, 4.69) is 10.6 Å². The van der Waals surface area contributed by atoms with Crippen LogP contribution in [0.2, 0.25) is 0 Å². The normalized spacial score (nSPS) is 24.5. The van der Waals surface area contributed by atoms with Gasteiger partial charge in [-0.2, -0.15) is 5.06 Å². The van der Waals surface area contributed by atoms with Crippen molar-refractivity contribution in [2.24, 2.45) is 5.41 Å². The fourth-order valence-corrected chi connectivity index (χ4v) is 9.25. The van der Waals surface area contributed by atoms with Crippen LogP contribution in [0.4, 0.5) is 0 Å². The van der Waals surface area contributed by atoms with Crippen molar-refractivity contribution in [1.82, 2.24) is 20.6 Å². The number of hydrogen-bond donors (Lipinski definition) is 3. The van der Waals surface area contributed by atoms with Gasteiger partial charge in [-0.1, -0.05) is 97.1 Å². The van der Waals surface area contributed by atoms with Crippen molar-refractivity contribution in [3.05, 3.63) is 149 Å². The van der Waals surface area contributed by atoms with Gasteiger partial charge in [0.2, 0.25) is 17.6 Å². The van der Waals surface area contributed by atoms with Crippen LogP contribution in [-0.2, 0) is 61.8 Å². The second-order valence-electron chi connectivity index (χ2n) is 18.4. The molecule has 0 radical (unpaired) electrons. The van der Waals surface area contributed by atoms with E-state index in [1.807, 2.05) is 84.9 Å². The molecule has 4 aromatic carbocycles. The van der Waals surface area contributed by atoms with Crippen LogP contribution in [0.5, 0.6) is 0 Å². The predicted molar refractivity (Wildman–Crippen MR) is 240 cm³/mol. The molecule has 66 heavy (non-hydrogen) atoms. The Kier molecular flexibility index (Phi) is 13.3. The van der Waals surface area contributed by atoms with Gasteiger partial charge in [-0.25, -0.2) is 0 Å². The number of ether oxygens (including phenoxy) is 4. The molecule has 2 bridgehead atoms. The highest BCUT2D eigenvalue weighted by Gasteiger charge is 2.76. The first-order valence-corrected chi connectivity index (χ1v) is 22.2. The largest absolute Gasteiger partial charge is 0.460 e. The fraction of sp³-hybridized carbons (Fsp3) is 0.392. The van der Waals surface area contributed by atoms with Crippen LogP contribution in [-0.4, -0.2) is 108 Å². The molecule has 7 atom stereocenters. The van der Waals surface area contributed by atoms with Gasteiger partial charge in [-0.15, -0.1) is 0 Å². The van der Waals surface area contributed by atoms with E-state index in [4.69, 9.17) is 23.8 Å². The molecule has 15 nitrogen and oxygen atoms in total. The Hall–Kier alpha value is -6.23. The summed E-state index contributed by atoms with van der Waals surface area (Å²) in [6.45, 7) is 5.03. The zero-order chi connectivity index (χ0) is 46.8. The van der Waals surface area contributed by atoms with Gasteiger partial charge in [0.1, 0.15) is 35.4 Å². The smallest absolute Gasteiger partial charge is 0.327 e. The molecule has 3 aliphatic heterocycles. The van der Waals surface area contributed by atoms with E-state index in [-0.39, 0.29) is 50.4 Å².